The Morgan fingerprint density at radius 2 is 2.06 bits per heavy atom. The van der Waals surface area contributed by atoms with Crippen LogP contribution in [0.2, 0.25) is 0 Å². The Bertz CT molecular complexity index is 389. The van der Waals surface area contributed by atoms with Crippen LogP contribution in [0, 0.1) is 0 Å². The third kappa shape index (κ3) is 3.23. The lowest BCUT2D eigenvalue weighted by Crippen LogP contribution is -2.42. The highest BCUT2D eigenvalue weighted by Crippen LogP contribution is 2.20. The van der Waals surface area contributed by atoms with Gasteiger partial charge in [-0.3, -0.25) is 4.79 Å². The minimum Gasteiger partial charge on any atom is -0.349 e. The lowest BCUT2D eigenvalue weighted by Gasteiger charge is -2.24. The van der Waals surface area contributed by atoms with Gasteiger partial charge in [0.15, 0.2) is 0 Å². The quantitative estimate of drug-likeness (QED) is 0.805. The van der Waals surface area contributed by atoms with E-state index < -0.39 is 0 Å². The Labute approximate surface area is 106 Å². The first-order chi connectivity index (χ1) is 8.31. The van der Waals surface area contributed by atoms with E-state index in [1.807, 2.05) is 30.5 Å². The summed E-state index contributed by atoms with van der Waals surface area (Å²) in [6, 6.07) is 8.08. The number of carbonyl (C=O) groups is 1. The largest absolute Gasteiger partial charge is 0.349 e. The van der Waals surface area contributed by atoms with Crippen LogP contribution in [-0.2, 0) is 0 Å². The Kier molecular flexibility index (Phi) is 4.45. The van der Waals surface area contributed by atoms with Crippen molar-refractivity contribution in [3.8, 4) is 0 Å². The molecule has 0 atom stereocenters. The molecule has 1 aromatic rings. The summed E-state index contributed by atoms with van der Waals surface area (Å²) in [5.74, 6) is 0.0573. The maximum Gasteiger partial charge on any atom is 0.252 e. The molecular formula is C13H18N2OS. The molecule has 0 spiro atoms. The van der Waals surface area contributed by atoms with Crippen molar-refractivity contribution in [1.29, 1.82) is 0 Å². The average Bonchev–Trinajstić information content (AvgIpc) is 2.40. The summed E-state index contributed by atoms with van der Waals surface area (Å²) >= 11 is 1.61. The molecule has 0 aromatic heterocycles. The van der Waals surface area contributed by atoms with Gasteiger partial charge < -0.3 is 10.6 Å². The fraction of sp³-hybridized carbons (Fsp3) is 0.462. The molecule has 1 aromatic carbocycles. The lowest BCUT2D eigenvalue weighted by molar-refractivity contribution is 0.0926. The van der Waals surface area contributed by atoms with E-state index in [4.69, 9.17) is 0 Å². The van der Waals surface area contributed by atoms with Gasteiger partial charge in [-0.05, 0) is 44.3 Å². The monoisotopic (exact) mass is 250 g/mol. The molecule has 17 heavy (non-hydrogen) atoms. The van der Waals surface area contributed by atoms with Crippen LogP contribution >= 0.6 is 11.8 Å². The van der Waals surface area contributed by atoms with E-state index in [0.717, 1.165) is 36.4 Å². The first kappa shape index (κ1) is 12.5. The van der Waals surface area contributed by atoms with E-state index in [2.05, 4.69) is 10.6 Å². The second kappa shape index (κ2) is 6.07. The minimum atomic E-state index is 0.0573. The molecule has 2 rings (SSSR count). The van der Waals surface area contributed by atoms with Crippen LogP contribution in [0.4, 0.5) is 0 Å². The molecule has 0 radical (unpaired) electrons. The van der Waals surface area contributed by atoms with Crippen LogP contribution in [0.1, 0.15) is 23.2 Å². The fourth-order valence-corrected chi connectivity index (χ4v) is 2.66. The first-order valence-electron chi connectivity index (χ1n) is 5.96. The van der Waals surface area contributed by atoms with E-state index >= 15 is 0 Å². The normalized spacial score (nSPS) is 16.8. The van der Waals surface area contributed by atoms with Gasteiger partial charge in [0.25, 0.3) is 5.91 Å². The number of piperidine rings is 1. The van der Waals surface area contributed by atoms with E-state index in [-0.39, 0.29) is 5.91 Å². The molecule has 1 saturated heterocycles. The van der Waals surface area contributed by atoms with Crippen molar-refractivity contribution < 1.29 is 4.79 Å². The van der Waals surface area contributed by atoms with E-state index in [1.54, 1.807) is 11.8 Å². The highest BCUT2D eigenvalue weighted by atomic mass is 32.2. The summed E-state index contributed by atoms with van der Waals surface area (Å²) < 4.78 is 0. The predicted octanol–water partition coefficient (Wildman–Crippen LogP) is 1.89. The van der Waals surface area contributed by atoms with Gasteiger partial charge >= 0.3 is 0 Å². The zero-order valence-electron chi connectivity index (χ0n) is 10.0. The number of nitrogens with one attached hydrogen (secondary N) is 2. The zero-order valence-corrected chi connectivity index (χ0v) is 10.8. The second-order valence-corrected chi connectivity index (χ2v) is 5.05. The molecule has 4 heteroatoms. The topological polar surface area (TPSA) is 41.1 Å². The SMILES string of the molecule is CSc1ccccc1C(=O)NC1CCNCC1. The molecule has 0 unspecified atom stereocenters. The lowest BCUT2D eigenvalue weighted by atomic mass is 10.1. The standard InChI is InChI=1S/C13H18N2OS/c1-17-12-5-3-2-4-11(12)13(16)15-10-6-8-14-9-7-10/h2-5,10,14H,6-9H2,1H3,(H,15,16). The molecule has 1 aliphatic heterocycles. The minimum absolute atomic E-state index is 0.0573. The van der Waals surface area contributed by atoms with Crippen molar-refractivity contribution in [2.75, 3.05) is 19.3 Å². The van der Waals surface area contributed by atoms with Crippen molar-refractivity contribution >= 4 is 17.7 Å². The first-order valence-corrected chi connectivity index (χ1v) is 7.18. The molecule has 1 fully saturated rings. The van der Waals surface area contributed by atoms with Crippen molar-refractivity contribution in [2.45, 2.75) is 23.8 Å². The van der Waals surface area contributed by atoms with Gasteiger partial charge in [0.05, 0.1) is 5.56 Å². The summed E-state index contributed by atoms with van der Waals surface area (Å²) in [5.41, 5.74) is 0.790. The molecular weight excluding hydrogens is 232 g/mol. The number of amides is 1. The van der Waals surface area contributed by atoms with Gasteiger partial charge in [-0.2, -0.15) is 0 Å². The third-order valence-corrected chi connectivity index (χ3v) is 3.82. The van der Waals surface area contributed by atoms with Crippen molar-refractivity contribution in [1.82, 2.24) is 10.6 Å². The molecule has 0 bridgehead atoms. The van der Waals surface area contributed by atoms with E-state index in [0.29, 0.717) is 6.04 Å². The molecule has 1 heterocycles. The molecule has 92 valence electrons. The van der Waals surface area contributed by atoms with Crippen molar-refractivity contribution in [3.63, 3.8) is 0 Å². The smallest absolute Gasteiger partial charge is 0.252 e. The van der Waals surface area contributed by atoms with Crippen LogP contribution < -0.4 is 10.6 Å². The number of thioether (sulfide) groups is 1. The fourth-order valence-electron chi connectivity index (χ4n) is 2.06. The van der Waals surface area contributed by atoms with Crippen molar-refractivity contribution in [3.05, 3.63) is 29.8 Å². The molecule has 1 aliphatic rings. The zero-order chi connectivity index (χ0) is 12.1. The van der Waals surface area contributed by atoms with E-state index in [9.17, 15) is 4.79 Å². The molecule has 1 amide bonds. The van der Waals surface area contributed by atoms with Crippen LogP contribution in [0.5, 0.6) is 0 Å². The number of rotatable bonds is 3. The van der Waals surface area contributed by atoms with Gasteiger partial charge in [0, 0.05) is 10.9 Å². The highest BCUT2D eigenvalue weighted by Gasteiger charge is 2.17. The van der Waals surface area contributed by atoms with Gasteiger partial charge in [0.1, 0.15) is 0 Å². The highest BCUT2D eigenvalue weighted by molar-refractivity contribution is 7.98. The van der Waals surface area contributed by atoms with Crippen LogP contribution in [0.3, 0.4) is 0 Å². The van der Waals surface area contributed by atoms with Crippen molar-refractivity contribution in [2.24, 2.45) is 0 Å². The van der Waals surface area contributed by atoms with Gasteiger partial charge in [-0.1, -0.05) is 12.1 Å². The second-order valence-electron chi connectivity index (χ2n) is 4.20. The summed E-state index contributed by atoms with van der Waals surface area (Å²) in [6.45, 7) is 1.99. The summed E-state index contributed by atoms with van der Waals surface area (Å²) in [5, 5.41) is 6.41. The number of hydrogen-bond acceptors (Lipinski definition) is 3. The summed E-state index contributed by atoms with van der Waals surface area (Å²) in [7, 11) is 0. The number of benzene rings is 1. The Balaban J connectivity index is 2.03. The Morgan fingerprint density at radius 3 is 2.76 bits per heavy atom. The average molecular weight is 250 g/mol. The van der Waals surface area contributed by atoms with Crippen LogP contribution in [0.25, 0.3) is 0 Å². The molecule has 0 saturated carbocycles. The summed E-state index contributed by atoms with van der Waals surface area (Å²) in [6.07, 6.45) is 4.04. The van der Waals surface area contributed by atoms with Gasteiger partial charge in [-0.15, -0.1) is 11.8 Å². The molecule has 2 N–H and O–H groups in total. The van der Waals surface area contributed by atoms with Gasteiger partial charge in [-0.25, -0.2) is 0 Å². The summed E-state index contributed by atoms with van der Waals surface area (Å²) in [4.78, 5) is 13.2. The Morgan fingerprint density at radius 1 is 1.35 bits per heavy atom. The molecule has 0 aliphatic carbocycles. The predicted molar refractivity (Wildman–Crippen MR) is 71.6 cm³/mol. The number of carbonyl (C=O) groups excluding carboxylic acids is 1. The maximum atomic E-state index is 12.1. The van der Waals surface area contributed by atoms with Crippen LogP contribution in [0.15, 0.2) is 29.2 Å². The van der Waals surface area contributed by atoms with Gasteiger partial charge in [0.2, 0.25) is 0 Å². The number of hydrogen-bond donors (Lipinski definition) is 2. The third-order valence-electron chi connectivity index (χ3n) is 3.03. The van der Waals surface area contributed by atoms with Crippen LogP contribution in [-0.4, -0.2) is 31.3 Å². The van der Waals surface area contributed by atoms with E-state index in [1.165, 1.54) is 0 Å². The maximum absolute atomic E-state index is 12.1. The molecule has 3 nitrogen and oxygen atoms in total. The Hall–Kier alpha value is -1.00.